The second-order valence-electron chi connectivity index (χ2n) is 4.51. The molecule has 0 saturated heterocycles. The topological polar surface area (TPSA) is 78.9 Å². The number of rotatable bonds is 5. The largest absolute Gasteiger partial charge is 0.368 e. The van der Waals surface area contributed by atoms with E-state index in [4.69, 9.17) is 0 Å². The predicted molar refractivity (Wildman–Crippen MR) is 89.4 cm³/mol. The first-order valence-corrected chi connectivity index (χ1v) is 7.68. The molecular formula is C15H15N5OS. The third kappa shape index (κ3) is 3.70. The maximum atomic E-state index is 11.8. The summed E-state index contributed by atoms with van der Waals surface area (Å²) in [5, 5.41) is 9.23. The number of hydrogen-bond acceptors (Lipinski definition) is 5. The normalized spacial score (nSPS) is 10.4. The molecule has 0 spiro atoms. The molecule has 0 unspecified atom stereocenters. The first kappa shape index (κ1) is 14.3. The van der Waals surface area contributed by atoms with Gasteiger partial charge in [-0.3, -0.25) is 5.32 Å². The van der Waals surface area contributed by atoms with Gasteiger partial charge in [0.15, 0.2) is 5.13 Å². The van der Waals surface area contributed by atoms with Gasteiger partial charge in [-0.05, 0) is 24.3 Å². The van der Waals surface area contributed by atoms with Crippen LogP contribution in [-0.4, -0.2) is 29.1 Å². The summed E-state index contributed by atoms with van der Waals surface area (Å²) in [5.74, 6) is 0.788. The minimum atomic E-state index is -0.262. The predicted octanol–water partition coefficient (Wildman–Crippen LogP) is 2.92. The maximum Gasteiger partial charge on any atom is 0.321 e. The lowest BCUT2D eigenvalue weighted by atomic mass is 10.3. The average molecular weight is 313 g/mol. The number of aromatic nitrogens is 2. The highest BCUT2D eigenvalue weighted by Crippen LogP contribution is 2.25. The summed E-state index contributed by atoms with van der Waals surface area (Å²) in [6.07, 6.45) is 1.72. The van der Waals surface area contributed by atoms with Gasteiger partial charge in [-0.1, -0.05) is 29.5 Å². The Balaban J connectivity index is 1.44. The van der Waals surface area contributed by atoms with Crippen molar-refractivity contribution in [3.8, 4) is 0 Å². The molecule has 0 saturated carbocycles. The molecule has 3 aromatic rings. The number of anilines is 2. The van der Waals surface area contributed by atoms with Gasteiger partial charge in [-0.15, -0.1) is 0 Å². The number of hydrogen-bond donors (Lipinski definition) is 3. The standard InChI is InChI=1S/C15H15N5OS/c21-14(18-10-9-17-13-7-3-4-8-16-13)20-15-19-11-5-1-2-6-12(11)22-15/h1-8H,9-10H2,(H,16,17)(H2,18,19,20,21). The van der Waals surface area contributed by atoms with Crippen LogP contribution in [0.4, 0.5) is 15.7 Å². The van der Waals surface area contributed by atoms with Gasteiger partial charge in [0, 0.05) is 19.3 Å². The van der Waals surface area contributed by atoms with Crippen LogP contribution in [-0.2, 0) is 0 Å². The van der Waals surface area contributed by atoms with E-state index in [0.29, 0.717) is 18.2 Å². The number of nitrogens with one attached hydrogen (secondary N) is 3. The first-order valence-electron chi connectivity index (χ1n) is 6.86. The number of para-hydroxylation sites is 1. The zero-order valence-corrected chi connectivity index (χ0v) is 12.6. The molecule has 22 heavy (non-hydrogen) atoms. The molecule has 7 heteroatoms. The Morgan fingerprint density at radius 1 is 1.09 bits per heavy atom. The Kier molecular flexibility index (Phi) is 4.45. The summed E-state index contributed by atoms with van der Waals surface area (Å²) in [7, 11) is 0. The Bertz CT molecular complexity index is 726. The average Bonchev–Trinajstić information content (AvgIpc) is 2.94. The molecule has 112 valence electrons. The number of benzene rings is 1. The molecule has 1 aromatic carbocycles. The number of thiazole rings is 1. The van der Waals surface area contributed by atoms with Crippen molar-refractivity contribution in [3.05, 3.63) is 48.7 Å². The van der Waals surface area contributed by atoms with E-state index in [1.807, 2.05) is 42.5 Å². The van der Waals surface area contributed by atoms with Crippen LogP contribution in [0.1, 0.15) is 0 Å². The smallest absolute Gasteiger partial charge is 0.321 e. The number of fused-ring (bicyclic) bond motifs is 1. The number of amides is 2. The van der Waals surface area contributed by atoms with E-state index in [1.54, 1.807) is 6.20 Å². The minimum absolute atomic E-state index is 0.262. The molecule has 3 N–H and O–H groups in total. The van der Waals surface area contributed by atoms with Gasteiger partial charge < -0.3 is 10.6 Å². The molecule has 0 bridgehead atoms. The van der Waals surface area contributed by atoms with Crippen molar-refractivity contribution in [1.29, 1.82) is 0 Å². The van der Waals surface area contributed by atoms with Gasteiger partial charge in [0.25, 0.3) is 0 Å². The van der Waals surface area contributed by atoms with Crippen LogP contribution < -0.4 is 16.0 Å². The van der Waals surface area contributed by atoms with Crippen LogP contribution in [0.25, 0.3) is 10.2 Å². The maximum absolute atomic E-state index is 11.8. The van der Waals surface area contributed by atoms with E-state index in [9.17, 15) is 4.79 Å². The fourth-order valence-electron chi connectivity index (χ4n) is 1.90. The molecule has 0 fully saturated rings. The molecule has 6 nitrogen and oxygen atoms in total. The number of urea groups is 1. The SMILES string of the molecule is O=C(NCCNc1ccccn1)Nc1nc2ccccc2s1. The lowest BCUT2D eigenvalue weighted by molar-refractivity contribution is 0.252. The van der Waals surface area contributed by atoms with Gasteiger partial charge in [-0.25, -0.2) is 14.8 Å². The van der Waals surface area contributed by atoms with Gasteiger partial charge in [-0.2, -0.15) is 0 Å². The molecule has 0 atom stereocenters. The molecule has 0 aliphatic carbocycles. The van der Waals surface area contributed by atoms with Crippen LogP contribution in [0.5, 0.6) is 0 Å². The second-order valence-corrected chi connectivity index (χ2v) is 5.54. The molecule has 0 aliphatic heterocycles. The van der Waals surface area contributed by atoms with Gasteiger partial charge in [0.1, 0.15) is 5.82 Å². The molecule has 2 heterocycles. The van der Waals surface area contributed by atoms with Crippen LogP contribution >= 0.6 is 11.3 Å². The first-order chi connectivity index (χ1) is 10.8. The highest BCUT2D eigenvalue weighted by Gasteiger charge is 2.06. The summed E-state index contributed by atoms with van der Waals surface area (Å²) in [6, 6.07) is 13.2. The van der Waals surface area contributed by atoms with Crippen molar-refractivity contribution < 1.29 is 4.79 Å². The number of carbonyl (C=O) groups is 1. The quantitative estimate of drug-likeness (QED) is 0.633. The molecule has 2 amide bonds. The fourth-order valence-corrected chi connectivity index (χ4v) is 2.76. The van der Waals surface area contributed by atoms with Crippen molar-refractivity contribution >= 4 is 38.5 Å². The summed E-state index contributed by atoms with van der Waals surface area (Å²) >= 11 is 1.45. The number of nitrogens with zero attached hydrogens (tertiary/aromatic N) is 2. The van der Waals surface area contributed by atoms with E-state index >= 15 is 0 Å². The van der Waals surface area contributed by atoms with Crippen molar-refractivity contribution in [2.45, 2.75) is 0 Å². The van der Waals surface area contributed by atoms with E-state index in [2.05, 4.69) is 25.9 Å². The highest BCUT2D eigenvalue weighted by atomic mass is 32.1. The third-order valence-corrected chi connectivity index (χ3v) is 3.85. The van der Waals surface area contributed by atoms with Crippen LogP contribution in [0.3, 0.4) is 0 Å². The second kappa shape index (κ2) is 6.86. The third-order valence-electron chi connectivity index (χ3n) is 2.90. The van der Waals surface area contributed by atoms with Crippen LogP contribution in [0.15, 0.2) is 48.7 Å². The zero-order chi connectivity index (χ0) is 15.2. The molecule has 3 rings (SSSR count). The van der Waals surface area contributed by atoms with E-state index in [0.717, 1.165) is 16.0 Å². The van der Waals surface area contributed by atoms with Crippen molar-refractivity contribution in [3.63, 3.8) is 0 Å². The lowest BCUT2D eigenvalue weighted by Crippen LogP contribution is -2.32. The Morgan fingerprint density at radius 2 is 1.95 bits per heavy atom. The molecule has 0 radical (unpaired) electrons. The van der Waals surface area contributed by atoms with Gasteiger partial charge in [0.2, 0.25) is 0 Å². The van der Waals surface area contributed by atoms with Crippen LogP contribution in [0, 0.1) is 0 Å². The van der Waals surface area contributed by atoms with Crippen molar-refractivity contribution in [1.82, 2.24) is 15.3 Å². The summed E-state index contributed by atoms with van der Waals surface area (Å²) in [6.45, 7) is 1.09. The highest BCUT2D eigenvalue weighted by molar-refractivity contribution is 7.22. The van der Waals surface area contributed by atoms with Gasteiger partial charge >= 0.3 is 6.03 Å². The molecular weight excluding hydrogens is 298 g/mol. The summed E-state index contributed by atoms with van der Waals surface area (Å²) in [4.78, 5) is 20.3. The minimum Gasteiger partial charge on any atom is -0.368 e. The van der Waals surface area contributed by atoms with Crippen molar-refractivity contribution in [2.24, 2.45) is 0 Å². The Morgan fingerprint density at radius 3 is 2.77 bits per heavy atom. The number of carbonyl (C=O) groups excluding carboxylic acids is 1. The summed E-state index contributed by atoms with van der Waals surface area (Å²) < 4.78 is 1.05. The monoisotopic (exact) mass is 313 g/mol. The molecule has 0 aliphatic rings. The van der Waals surface area contributed by atoms with E-state index in [-0.39, 0.29) is 6.03 Å². The zero-order valence-electron chi connectivity index (χ0n) is 11.7. The Labute approximate surface area is 131 Å². The van der Waals surface area contributed by atoms with Crippen LogP contribution in [0.2, 0.25) is 0 Å². The molecule has 2 aromatic heterocycles. The fraction of sp³-hybridized carbons (Fsp3) is 0.133. The number of pyridine rings is 1. The lowest BCUT2D eigenvalue weighted by Gasteiger charge is -2.07. The van der Waals surface area contributed by atoms with Crippen molar-refractivity contribution in [2.75, 3.05) is 23.7 Å². The van der Waals surface area contributed by atoms with E-state index < -0.39 is 0 Å². The van der Waals surface area contributed by atoms with E-state index in [1.165, 1.54) is 11.3 Å². The Hall–Kier alpha value is -2.67. The summed E-state index contributed by atoms with van der Waals surface area (Å²) in [5.41, 5.74) is 0.889. The van der Waals surface area contributed by atoms with Gasteiger partial charge in [0.05, 0.1) is 10.2 Å².